The number of hydrogen-bond donors (Lipinski definition) is 1. The molecular weight excluding hydrogens is 306 g/mol. The zero-order valence-electron chi connectivity index (χ0n) is 13.2. The summed E-state index contributed by atoms with van der Waals surface area (Å²) in [5, 5.41) is 0.729. The molecule has 1 saturated heterocycles. The van der Waals surface area contributed by atoms with E-state index in [1.807, 2.05) is 6.92 Å². The average Bonchev–Trinajstić information content (AvgIpc) is 2.93. The lowest BCUT2D eigenvalue weighted by Gasteiger charge is -2.27. The third-order valence-corrected chi connectivity index (χ3v) is 7.16. The van der Waals surface area contributed by atoms with Crippen molar-refractivity contribution in [1.29, 1.82) is 0 Å². The molecule has 0 aromatic carbocycles. The number of aromatic nitrogens is 1. The first-order valence-electron chi connectivity index (χ1n) is 7.39. The molecule has 5 nitrogen and oxygen atoms in total. The topological polar surface area (TPSA) is 76.3 Å². The fourth-order valence-corrected chi connectivity index (χ4v) is 5.60. The molecular formula is C14H25N3O2S2. The summed E-state index contributed by atoms with van der Waals surface area (Å²) in [4.78, 5) is 2.40. The standard InChI is InChI=1S/C14H25N3O2S2/c1-5-8-21(18,19)11-12(15)16-20-13(11)17-7-6-10(9-17)14(2,3)4/h10H,5-9H2,1-4H3,(H2,15,16). The van der Waals surface area contributed by atoms with E-state index in [1.54, 1.807) is 0 Å². The van der Waals surface area contributed by atoms with Gasteiger partial charge in [-0.15, -0.1) is 0 Å². The maximum Gasteiger partial charge on any atom is 0.185 e. The van der Waals surface area contributed by atoms with Gasteiger partial charge in [-0.25, -0.2) is 8.42 Å². The van der Waals surface area contributed by atoms with Crippen LogP contribution in [0.4, 0.5) is 10.8 Å². The summed E-state index contributed by atoms with van der Waals surface area (Å²) in [7, 11) is -3.34. The molecule has 0 amide bonds. The lowest BCUT2D eigenvalue weighted by atomic mass is 9.80. The number of nitrogen functional groups attached to an aromatic ring is 1. The van der Waals surface area contributed by atoms with Gasteiger partial charge in [0, 0.05) is 13.1 Å². The molecule has 21 heavy (non-hydrogen) atoms. The third kappa shape index (κ3) is 3.34. The monoisotopic (exact) mass is 331 g/mol. The van der Waals surface area contributed by atoms with Crippen molar-refractivity contribution in [2.75, 3.05) is 29.5 Å². The van der Waals surface area contributed by atoms with Crippen LogP contribution < -0.4 is 10.6 Å². The van der Waals surface area contributed by atoms with Crippen molar-refractivity contribution >= 4 is 32.2 Å². The second-order valence-electron chi connectivity index (χ2n) is 6.82. The maximum atomic E-state index is 12.4. The largest absolute Gasteiger partial charge is 0.382 e. The van der Waals surface area contributed by atoms with Crippen LogP contribution in [0, 0.1) is 11.3 Å². The van der Waals surface area contributed by atoms with E-state index >= 15 is 0 Å². The van der Waals surface area contributed by atoms with E-state index < -0.39 is 9.84 Å². The Morgan fingerprint density at radius 1 is 1.43 bits per heavy atom. The van der Waals surface area contributed by atoms with Gasteiger partial charge in [0.25, 0.3) is 0 Å². The lowest BCUT2D eigenvalue weighted by Crippen LogP contribution is -2.26. The fraction of sp³-hybridized carbons (Fsp3) is 0.786. The molecule has 0 bridgehead atoms. The first-order valence-corrected chi connectivity index (χ1v) is 9.82. The molecule has 0 radical (unpaired) electrons. The van der Waals surface area contributed by atoms with E-state index in [4.69, 9.17) is 5.73 Å². The van der Waals surface area contributed by atoms with Crippen LogP contribution >= 0.6 is 11.5 Å². The molecule has 2 heterocycles. The Labute approximate surface area is 131 Å². The van der Waals surface area contributed by atoms with E-state index in [2.05, 4.69) is 30.0 Å². The molecule has 1 unspecified atom stereocenters. The van der Waals surface area contributed by atoms with Crippen LogP contribution in [0.1, 0.15) is 40.5 Å². The summed E-state index contributed by atoms with van der Waals surface area (Å²) in [5.41, 5.74) is 6.07. The molecule has 0 saturated carbocycles. The molecule has 0 aliphatic carbocycles. The zero-order valence-corrected chi connectivity index (χ0v) is 14.9. The summed E-state index contributed by atoms with van der Waals surface area (Å²) >= 11 is 1.21. The third-order valence-electron chi connectivity index (χ3n) is 4.14. The zero-order chi connectivity index (χ0) is 15.8. The first-order chi connectivity index (χ1) is 9.66. The summed E-state index contributed by atoms with van der Waals surface area (Å²) in [5.74, 6) is 0.837. The van der Waals surface area contributed by atoms with E-state index in [1.165, 1.54) is 11.5 Å². The minimum atomic E-state index is -3.34. The van der Waals surface area contributed by atoms with Gasteiger partial charge in [-0.1, -0.05) is 27.7 Å². The Bertz CT molecular complexity index is 602. The Kier molecular flexibility index (Phi) is 4.54. The van der Waals surface area contributed by atoms with Gasteiger partial charge in [0.15, 0.2) is 15.7 Å². The Balaban J connectivity index is 2.31. The molecule has 1 atom stereocenters. The molecule has 1 fully saturated rings. The number of sulfone groups is 1. The summed E-state index contributed by atoms with van der Waals surface area (Å²) in [6, 6.07) is 0. The predicted octanol–water partition coefficient (Wildman–Crippen LogP) is 2.78. The van der Waals surface area contributed by atoms with Crippen molar-refractivity contribution in [3.05, 3.63) is 0 Å². The van der Waals surface area contributed by atoms with Crippen LogP contribution in [0.5, 0.6) is 0 Å². The summed E-state index contributed by atoms with van der Waals surface area (Å²) < 4.78 is 29.0. The van der Waals surface area contributed by atoms with Gasteiger partial charge < -0.3 is 10.6 Å². The van der Waals surface area contributed by atoms with Crippen LogP contribution in [0.25, 0.3) is 0 Å². The van der Waals surface area contributed by atoms with Gasteiger partial charge in [0.2, 0.25) is 0 Å². The highest BCUT2D eigenvalue weighted by atomic mass is 32.2. The van der Waals surface area contributed by atoms with Crippen LogP contribution in [0.15, 0.2) is 4.90 Å². The van der Waals surface area contributed by atoms with E-state index in [0.717, 1.165) is 24.5 Å². The molecule has 2 rings (SSSR count). The van der Waals surface area contributed by atoms with E-state index in [9.17, 15) is 8.42 Å². The van der Waals surface area contributed by atoms with E-state index in [0.29, 0.717) is 12.3 Å². The molecule has 1 aromatic rings. The van der Waals surface area contributed by atoms with Gasteiger partial charge in [0.05, 0.1) is 5.75 Å². The number of rotatable bonds is 4. The molecule has 1 aromatic heterocycles. The first kappa shape index (κ1) is 16.5. The highest BCUT2D eigenvalue weighted by Crippen LogP contribution is 2.41. The SMILES string of the molecule is CCCS(=O)(=O)c1c(N)nsc1N1CCC(C(C)(C)C)C1. The molecule has 120 valence electrons. The molecule has 2 N–H and O–H groups in total. The van der Waals surface area contributed by atoms with Crippen LogP contribution in [-0.2, 0) is 9.84 Å². The van der Waals surface area contributed by atoms with E-state index in [-0.39, 0.29) is 21.9 Å². The van der Waals surface area contributed by atoms with Crippen molar-refractivity contribution < 1.29 is 8.42 Å². The van der Waals surface area contributed by atoms with Gasteiger partial charge in [-0.05, 0) is 35.7 Å². The van der Waals surface area contributed by atoms with Gasteiger partial charge in [-0.2, -0.15) is 4.37 Å². The normalized spacial score (nSPS) is 20.2. The smallest absolute Gasteiger partial charge is 0.185 e. The van der Waals surface area contributed by atoms with Crippen LogP contribution in [0.2, 0.25) is 0 Å². The molecule has 0 spiro atoms. The predicted molar refractivity (Wildman–Crippen MR) is 88.6 cm³/mol. The van der Waals surface area contributed by atoms with Gasteiger partial charge >= 0.3 is 0 Å². The van der Waals surface area contributed by atoms with Crippen LogP contribution in [0.3, 0.4) is 0 Å². The van der Waals surface area contributed by atoms with Crippen molar-refractivity contribution in [3.8, 4) is 0 Å². The number of hydrogen-bond acceptors (Lipinski definition) is 6. The minimum Gasteiger partial charge on any atom is -0.382 e. The van der Waals surface area contributed by atoms with Gasteiger partial charge in [-0.3, -0.25) is 0 Å². The number of nitrogens with zero attached hydrogens (tertiary/aromatic N) is 2. The van der Waals surface area contributed by atoms with Crippen molar-refractivity contribution in [3.63, 3.8) is 0 Å². The van der Waals surface area contributed by atoms with Crippen molar-refractivity contribution in [2.45, 2.75) is 45.4 Å². The Morgan fingerprint density at radius 3 is 2.62 bits per heavy atom. The fourth-order valence-electron chi connectivity index (χ4n) is 2.80. The quantitative estimate of drug-likeness (QED) is 0.918. The Hall–Kier alpha value is -0.820. The highest BCUT2D eigenvalue weighted by molar-refractivity contribution is 7.91. The Morgan fingerprint density at radius 2 is 2.10 bits per heavy atom. The highest BCUT2D eigenvalue weighted by Gasteiger charge is 2.36. The van der Waals surface area contributed by atoms with Crippen molar-refractivity contribution in [1.82, 2.24) is 4.37 Å². The second kappa shape index (κ2) is 5.76. The summed E-state index contributed by atoms with van der Waals surface area (Å²) in [6.45, 7) is 10.3. The number of anilines is 2. The minimum absolute atomic E-state index is 0.124. The lowest BCUT2D eigenvalue weighted by molar-refractivity contribution is 0.263. The van der Waals surface area contributed by atoms with Crippen molar-refractivity contribution in [2.24, 2.45) is 11.3 Å². The van der Waals surface area contributed by atoms with Crippen LogP contribution in [-0.4, -0.2) is 31.6 Å². The maximum absolute atomic E-state index is 12.4. The van der Waals surface area contributed by atoms with Gasteiger partial charge in [0.1, 0.15) is 9.90 Å². The molecule has 1 aliphatic heterocycles. The second-order valence-corrected chi connectivity index (χ2v) is 9.62. The molecule has 1 aliphatic rings. The number of nitrogens with two attached hydrogens (primary N) is 1. The molecule has 7 heteroatoms. The summed E-state index contributed by atoms with van der Waals surface area (Å²) in [6.07, 6.45) is 1.66. The average molecular weight is 332 g/mol.